The van der Waals surface area contributed by atoms with E-state index in [2.05, 4.69) is 4.98 Å². The number of fused-ring (bicyclic) bond motifs is 1. The lowest BCUT2D eigenvalue weighted by Gasteiger charge is -2.17. The Morgan fingerprint density at radius 2 is 1.88 bits per heavy atom. The molecule has 0 atom stereocenters. The Kier molecular flexibility index (Phi) is 3.88. The van der Waals surface area contributed by atoms with Crippen LogP contribution in [-0.2, 0) is 4.79 Å². The Bertz CT molecular complexity index is 978. The van der Waals surface area contributed by atoms with E-state index in [4.69, 9.17) is 12.2 Å². The molecule has 4 rings (SSSR count). The number of aromatic nitrogens is 1. The van der Waals surface area contributed by atoms with Crippen LogP contribution in [0.4, 0.5) is 5.69 Å². The minimum atomic E-state index is -0.0924. The minimum absolute atomic E-state index is 0.0924. The molecule has 24 heavy (non-hydrogen) atoms. The van der Waals surface area contributed by atoms with Gasteiger partial charge in [-0.15, -0.1) is 0 Å². The molecule has 0 spiro atoms. The third-order valence-corrected chi connectivity index (χ3v) is 5.09. The molecule has 0 unspecified atom stereocenters. The molecule has 1 fully saturated rings. The van der Waals surface area contributed by atoms with E-state index in [-0.39, 0.29) is 5.91 Å². The van der Waals surface area contributed by atoms with Crippen molar-refractivity contribution >= 4 is 56.7 Å². The molecule has 5 heteroatoms. The van der Waals surface area contributed by atoms with Gasteiger partial charge in [-0.25, -0.2) is 0 Å². The van der Waals surface area contributed by atoms with Crippen molar-refractivity contribution in [2.45, 2.75) is 0 Å². The maximum atomic E-state index is 12.9. The van der Waals surface area contributed by atoms with Gasteiger partial charge in [-0.1, -0.05) is 66.4 Å². The van der Waals surface area contributed by atoms with Gasteiger partial charge in [-0.05, 0) is 29.2 Å². The first-order chi connectivity index (χ1) is 11.7. The molecule has 1 aliphatic heterocycles. The molecule has 2 heterocycles. The van der Waals surface area contributed by atoms with Crippen LogP contribution in [0.2, 0.25) is 0 Å². The van der Waals surface area contributed by atoms with Gasteiger partial charge in [0.2, 0.25) is 0 Å². The largest absolute Gasteiger partial charge is 0.270 e. The standard InChI is InChI=1S/C19H12N2OS2/c22-18-17(11-13-5-4-10-20-12-13)24-19(23)21(18)16-9-3-7-14-6-1-2-8-15(14)16/h1-12H/b17-11+. The second kappa shape index (κ2) is 6.19. The Balaban J connectivity index is 1.78. The van der Waals surface area contributed by atoms with Crippen molar-refractivity contribution in [1.82, 2.24) is 4.98 Å². The van der Waals surface area contributed by atoms with Crippen LogP contribution in [0.1, 0.15) is 5.56 Å². The van der Waals surface area contributed by atoms with Gasteiger partial charge >= 0.3 is 0 Å². The van der Waals surface area contributed by atoms with Crippen LogP contribution in [0.5, 0.6) is 0 Å². The van der Waals surface area contributed by atoms with Crippen molar-refractivity contribution in [3.8, 4) is 0 Å². The van der Waals surface area contributed by atoms with Gasteiger partial charge in [-0.3, -0.25) is 14.7 Å². The van der Waals surface area contributed by atoms with Crippen LogP contribution in [0.3, 0.4) is 0 Å². The molecule has 0 saturated carbocycles. The molecule has 1 saturated heterocycles. The highest BCUT2D eigenvalue weighted by atomic mass is 32.2. The zero-order valence-corrected chi connectivity index (χ0v) is 14.2. The van der Waals surface area contributed by atoms with Gasteiger partial charge in [-0.2, -0.15) is 0 Å². The van der Waals surface area contributed by atoms with E-state index in [1.807, 2.05) is 60.7 Å². The summed E-state index contributed by atoms with van der Waals surface area (Å²) in [6.45, 7) is 0. The maximum Gasteiger partial charge on any atom is 0.270 e. The predicted molar refractivity (Wildman–Crippen MR) is 104 cm³/mol. The van der Waals surface area contributed by atoms with Gasteiger partial charge in [0.15, 0.2) is 4.32 Å². The van der Waals surface area contributed by atoms with Crippen LogP contribution >= 0.6 is 24.0 Å². The number of amides is 1. The molecule has 0 N–H and O–H groups in total. The second-order valence-corrected chi connectivity index (χ2v) is 6.98. The number of hydrogen-bond acceptors (Lipinski definition) is 4. The quantitative estimate of drug-likeness (QED) is 0.499. The van der Waals surface area contributed by atoms with E-state index in [1.165, 1.54) is 11.8 Å². The number of carbonyl (C=O) groups excluding carboxylic acids is 1. The molecule has 2 aromatic carbocycles. The summed E-state index contributed by atoms with van der Waals surface area (Å²) in [5.74, 6) is -0.0924. The Labute approximate surface area is 149 Å². The first kappa shape index (κ1) is 15.1. The molecule has 3 aromatic rings. The molecular formula is C19H12N2OS2. The fourth-order valence-electron chi connectivity index (χ4n) is 2.69. The lowest BCUT2D eigenvalue weighted by atomic mass is 10.1. The van der Waals surface area contributed by atoms with Crippen molar-refractivity contribution in [2.24, 2.45) is 0 Å². The van der Waals surface area contributed by atoms with E-state index >= 15 is 0 Å². The van der Waals surface area contributed by atoms with E-state index in [1.54, 1.807) is 17.3 Å². The number of thioether (sulfide) groups is 1. The van der Waals surface area contributed by atoms with Crippen LogP contribution in [-0.4, -0.2) is 15.2 Å². The Morgan fingerprint density at radius 3 is 2.71 bits per heavy atom. The summed E-state index contributed by atoms with van der Waals surface area (Å²) >= 11 is 6.79. The predicted octanol–water partition coefficient (Wildman–Crippen LogP) is 4.64. The van der Waals surface area contributed by atoms with Crippen molar-refractivity contribution in [3.63, 3.8) is 0 Å². The van der Waals surface area contributed by atoms with Crippen LogP contribution in [0.15, 0.2) is 71.9 Å². The minimum Gasteiger partial charge on any atom is -0.268 e. The average Bonchev–Trinajstić information content (AvgIpc) is 2.89. The molecule has 1 aliphatic rings. The highest BCUT2D eigenvalue weighted by molar-refractivity contribution is 8.27. The number of rotatable bonds is 2. The van der Waals surface area contributed by atoms with Gasteiger partial charge in [0, 0.05) is 17.8 Å². The van der Waals surface area contributed by atoms with E-state index in [0.717, 1.165) is 22.0 Å². The fourth-order valence-corrected chi connectivity index (χ4v) is 3.98. The molecule has 116 valence electrons. The summed E-state index contributed by atoms with van der Waals surface area (Å²) in [7, 11) is 0. The molecule has 0 aliphatic carbocycles. The highest BCUT2D eigenvalue weighted by Crippen LogP contribution is 2.38. The van der Waals surface area contributed by atoms with E-state index < -0.39 is 0 Å². The first-order valence-electron chi connectivity index (χ1n) is 7.40. The first-order valence-corrected chi connectivity index (χ1v) is 8.62. The third kappa shape index (κ3) is 2.62. The van der Waals surface area contributed by atoms with Crippen molar-refractivity contribution in [1.29, 1.82) is 0 Å². The SMILES string of the molecule is O=C1/C(=C\c2cccnc2)SC(=S)N1c1cccc2ccccc12. The van der Waals surface area contributed by atoms with Gasteiger partial charge in [0.1, 0.15) is 0 Å². The molecule has 1 aromatic heterocycles. The topological polar surface area (TPSA) is 33.2 Å². The zero-order chi connectivity index (χ0) is 16.5. The molecule has 3 nitrogen and oxygen atoms in total. The molecule has 0 bridgehead atoms. The average molecular weight is 348 g/mol. The second-order valence-electron chi connectivity index (χ2n) is 5.30. The smallest absolute Gasteiger partial charge is 0.268 e. The van der Waals surface area contributed by atoms with E-state index in [9.17, 15) is 4.79 Å². The van der Waals surface area contributed by atoms with Crippen LogP contribution < -0.4 is 4.90 Å². The summed E-state index contributed by atoms with van der Waals surface area (Å²) in [6, 6.07) is 17.7. The number of hydrogen-bond donors (Lipinski definition) is 0. The summed E-state index contributed by atoms with van der Waals surface area (Å²) < 4.78 is 0.548. The molecule has 1 amide bonds. The van der Waals surface area contributed by atoms with Gasteiger partial charge in [0.05, 0.1) is 10.6 Å². The van der Waals surface area contributed by atoms with Crippen LogP contribution in [0, 0.1) is 0 Å². The molecular weight excluding hydrogens is 336 g/mol. The van der Waals surface area contributed by atoms with Gasteiger partial charge in [0.25, 0.3) is 5.91 Å². The lowest BCUT2D eigenvalue weighted by molar-refractivity contribution is -0.113. The number of pyridine rings is 1. The third-order valence-electron chi connectivity index (χ3n) is 3.78. The Morgan fingerprint density at radius 1 is 1.04 bits per heavy atom. The normalized spacial score (nSPS) is 16.3. The highest BCUT2D eigenvalue weighted by Gasteiger charge is 2.34. The van der Waals surface area contributed by atoms with Crippen LogP contribution in [0.25, 0.3) is 16.8 Å². The molecule has 0 radical (unpaired) electrons. The van der Waals surface area contributed by atoms with Crippen molar-refractivity contribution < 1.29 is 4.79 Å². The summed E-state index contributed by atoms with van der Waals surface area (Å²) in [6.07, 6.45) is 5.26. The maximum absolute atomic E-state index is 12.9. The van der Waals surface area contributed by atoms with Gasteiger partial charge < -0.3 is 0 Å². The number of benzene rings is 2. The number of thiocarbonyl (C=S) groups is 1. The number of anilines is 1. The monoisotopic (exact) mass is 348 g/mol. The number of nitrogens with zero attached hydrogens (tertiary/aromatic N) is 2. The van der Waals surface area contributed by atoms with Crippen molar-refractivity contribution in [3.05, 3.63) is 77.5 Å². The lowest BCUT2D eigenvalue weighted by Crippen LogP contribution is -2.27. The summed E-state index contributed by atoms with van der Waals surface area (Å²) in [5, 5.41) is 2.10. The summed E-state index contributed by atoms with van der Waals surface area (Å²) in [5.41, 5.74) is 1.71. The zero-order valence-electron chi connectivity index (χ0n) is 12.5. The summed E-state index contributed by atoms with van der Waals surface area (Å²) in [4.78, 5) is 19.2. The Hall–Kier alpha value is -2.50. The van der Waals surface area contributed by atoms with Crippen molar-refractivity contribution in [2.75, 3.05) is 4.90 Å². The fraction of sp³-hybridized carbons (Fsp3) is 0. The number of carbonyl (C=O) groups is 1. The van der Waals surface area contributed by atoms with E-state index in [0.29, 0.717) is 9.23 Å².